The lowest BCUT2D eigenvalue weighted by atomic mass is 10.1. The summed E-state index contributed by atoms with van der Waals surface area (Å²) >= 11 is 0. The lowest BCUT2D eigenvalue weighted by molar-refractivity contribution is -0.153. The van der Waals surface area contributed by atoms with Gasteiger partial charge in [-0.1, -0.05) is 0 Å². The van der Waals surface area contributed by atoms with Gasteiger partial charge in [0, 0.05) is 17.3 Å². The van der Waals surface area contributed by atoms with Gasteiger partial charge in [-0.3, -0.25) is 5.10 Å². The summed E-state index contributed by atoms with van der Waals surface area (Å²) in [5.41, 5.74) is 0.563. The SMILES string of the molecule is Fc1ccc(OCC(F)(F)F)cc1-c1cn[nH]c1. The number of ether oxygens (including phenoxy) is 1. The molecule has 1 aromatic carbocycles. The Bertz CT molecular complexity index is 522. The summed E-state index contributed by atoms with van der Waals surface area (Å²) in [6.45, 7) is -1.41. The molecule has 0 atom stereocenters. The Morgan fingerprint density at radius 2 is 2.06 bits per heavy atom. The van der Waals surface area contributed by atoms with Gasteiger partial charge in [-0.05, 0) is 18.2 Å². The Morgan fingerprint density at radius 1 is 1.28 bits per heavy atom. The van der Waals surface area contributed by atoms with Gasteiger partial charge in [-0.15, -0.1) is 0 Å². The second kappa shape index (κ2) is 4.67. The lowest BCUT2D eigenvalue weighted by Gasteiger charge is -2.10. The number of nitrogens with one attached hydrogen (secondary N) is 1. The van der Waals surface area contributed by atoms with Gasteiger partial charge in [0.2, 0.25) is 0 Å². The van der Waals surface area contributed by atoms with E-state index in [1.807, 2.05) is 0 Å². The molecule has 7 heteroatoms. The van der Waals surface area contributed by atoms with Gasteiger partial charge in [-0.25, -0.2) is 4.39 Å². The van der Waals surface area contributed by atoms with Crippen molar-refractivity contribution in [2.24, 2.45) is 0 Å². The number of alkyl halides is 3. The van der Waals surface area contributed by atoms with Crippen LogP contribution in [0, 0.1) is 5.82 Å². The zero-order valence-electron chi connectivity index (χ0n) is 8.96. The minimum atomic E-state index is -4.43. The molecule has 0 unspecified atom stereocenters. The first-order valence-corrected chi connectivity index (χ1v) is 4.94. The highest BCUT2D eigenvalue weighted by Gasteiger charge is 2.28. The second-order valence-corrected chi connectivity index (χ2v) is 3.53. The van der Waals surface area contributed by atoms with Crippen molar-refractivity contribution < 1.29 is 22.3 Å². The highest BCUT2D eigenvalue weighted by molar-refractivity contribution is 5.64. The van der Waals surface area contributed by atoms with Crippen LogP contribution in [0.3, 0.4) is 0 Å². The predicted molar refractivity (Wildman–Crippen MR) is 55.5 cm³/mol. The van der Waals surface area contributed by atoms with Crippen LogP contribution >= 0.6 is 0 Å². The summed E-state index contributed by atoms with van der Waals surface area (Å²) in [4.78, 5) is 0. The fraction of sp³-hybridized carbons (Fsp3) is 0.182. The summed E-state index contributed by atoms with van der Waals surface area (Å²) in [5.74, 6) is -0.610. The molecular formula is C11H8F4N2O. The molecule has 2 rings (SSSR count). The van der Waals surface area contributed by atoms with Gasteiger partial charge in [0.15, 0.2) is 6.61 Å². The average Bonchev–Trinajstić information content (AvgIpc) is 2.80. The number of halogens is 4. The van der Waals surface area contributed by atoms with Crippen molar-refractivity contribution in [3.8, 4) is 16.9 Å². The maximum Gasteiger partial charge on any atom is 0.422 e. The van der Waals surface area contributed by atoms with Crippen LogP contribution in [0.2, 0.25) is 0 Å². The van der Waals surface area contributed by atoms with E-state index in [9.17, 15) is 17.6 Å². The van der Waals surface area contributed by atoms with E-state index in [2.05, 4.69) is 14.9 Å². The normalized spacial score (nSPS) is 11.6. The molecule has 0 fully saturated rings. The minimum Gasteiger partial charge on any atom is -0.484 e. The van der Waals surface area contributed by atoms with Crippen LogP contribution in [0.1, 0.15) is 0 Å². The van der Waals surface area contributed by atoms with Crippen molar-refractivity contribution in [2.75, 3.05) is 6.61 Å². The molecule has 0 aliphatic rings. The molecule has 0 saturated heterocycles. The van der Waals surface area contributed by atoms with Crippen LogP contribution in [0.5, 0.6) is 5.75 Å². The quantitative estimate of drug-likeness (QED) is 0.861. The highest BCUT2D eigenvalue weighted by Crippen LogP contribution is 2.27. The summed E-state index contributed by atoms with van der Waals surface area (Å²) in [6, 6.07) is 3.39. The van der Waals surface area contributed by atoms with E-state index >= 15 is 0 Å². The molecule has 3 nitrogen and oxygen atoms in total. The highest BCUT2D eigenvalue weighted by atomic mass is 19.4. The van der Waals surface area contributed by atoms with Crippen molar-refractivity contribution in [1.29, 1.82) is 0 Å². The van der Waals surface area contributed by atoms with E-state index < -0.39 is 18.6 Å². The van der Waals surface area contributed by atoms with Crippen molar-refractivity contribution in [1.82, 2.24) is 10.2 Å². The molecule has 18 heavy (non-hydrogen) atoms. The van der Waals surface area contributed by atoms with Crippen molar-refractivity contribution in [3.63, 3.8) is 0 Å². The van der Waals surface area contributed by atoms with Gasteiger partial charge in [-0.2, -0.15) is 18.3 Å². The number of benzene rings is 1. The maximum atomic E-state index is 13.5. The first kappa shape index (κ1) is 12.4. The molecule has 1 heterocycles. The van der Waals surface area contributed by atoms with Crippen LogP contribution < -0.4 is 4.74 Å². The number of hydrogen-bond donors (Lipinski definition) is 1. The minimum absolute atomic E-state index is 0.0510. The number of rotatable bonds is 3. The third-order valence-corrected chi connectivity index (χ3v) is 2.15. The van der Waals surface area contributed by atoms with Gasteiger partial charge in [0.1, 0.15) is 11.6 Å². The van der Waals surface area contributed by atoms with E-state index in [1.54, 1.807) is 0 Å². The molecule has 96 valence electrons. The maximum absolute atomic E-state index is 13.5. The Labute approximate surface area is 99.4 Å². The van der Waals surface area contributed by atoms with Crippen molar-refractivity contribution in [2.45, 2.75) is 6.18 Å². The van der Waals surface area contributed by atoms with Crippen LogP contribution in [0.25, 0.3) is 11.1 Å². The van der Waals surface area contributed by atoms with Crippen LogP contribution in [-0.2, 0) is 0 Å². The van der Waals surface area contributed by atoms with E-state index in [-0.39, 0.29) is 11.3 Å². The fourth-order valence-electron chi connectivity index (χ4n) is 1.38. The monoisotopic (exact) mass is 260 g/mol. The molecule has 0 radical (unpaired) electrons. The summed E-state index contributed by atoms with van der Waals surface area (Å²) in [7, 11) is 0. The number of hydrogen-bond acceptors (Lipinski definition) is 2. The van der Waals surface area contributed by atoms with E-state index in [0.717, 1.165) is 12.1 Å². The third-order valence-electron chi connectivity index (χ3n) is 2.15. The van der Waals surface area contributed by atoms with Crippen LogP contribution in [-0.4, -0.2) is 23.0 Å². The second-order valence-electron chi connectivity index (χ2n) is 3.53. The number of H-pyrrole nitrogens is 1. The average molecular weight is 260 g/mol. The van der Waals surface area contributed by atoms with Crippen LogP contribution in [0.15, 0.2) is 30.6 Å². The van der Waals surface area contributed by atoms with Gasteiger partial charge in [0.25, 0.3) is 0 Å². The van der Waals surface area contributed by atoms with E-state index in [4.69, 9.17) is 0 Å². The molecule has 0 amide bonds. The smallest absolute Gasteiger partial charge is 0.422 e. The summed E-state index contributed by atoms with van der Waals surface area (Å²) < 4.78 is 54.0. The molecule has 0 saturated carbocycles. The number of aromatic nitrogens is 2. The van der Waals surface area contributed by atoms with Gasteiger partial charge < -0.3 is 4.74 Å². The standard InChI is InChI=1S/C11H8F4N2O/c12-10-2-1-8(18-6-11(13,14)15)3-9(10)7-4-16-17-5-7/h1-5H,6H2,(H,16,17). The Morgan fingerprint density at radius 3 is 2.67 bits per heavy atom. The number of nitrogens with zero attached hydrogens (tertiary/aromatic N) is 1. The molecular weight excluding hydrogens is 252 g/mol. The molecule has 1 N–H and O–H groups in total. The summed E-state index contributed by atoms with van der Waals surface area (Å²) in [6.07, 6.45) is -1.62. The Kier molecular flexibility index (Phi) is 3.22. The number of aromatic amines is 1. The Hall–Kier alpha value is -2.05. The molecule has 2 aromatic rings. The first-order valence-electron chi connectivity index (χ1n) is 4.94. The zero-order valence-corrected chi connectivity index (χ0v) is 8.96. The molecule has 0 spiro atoms. The van der Waals surface area contributed by atoms with E-state index in [0.29, 0.717) is 5.56 Å². The molecule has 0 aliphatic heterocycles. The van der Waals surface area contributed by atoms with Crippen LogP contribution in [0.4, 0.5) is 17.6 Å². The third kappa shape index (κ3) is 2.99. The van der Waals surface area contributed by atoms with Gasteiger partial charge in [0.05, 0.1) is 6.20 Å². The van der Waals surface area contributed by atoms with E-state index in [1.165, 1.54) is 18.5 Å². The first-order chi connectivity index (χ1) is 8.46. The fourth-order valence-corrected chi connectivity index (χ4v) is 1.38. The lowest BCUT2D eigenvalue weighted by Crippen LogP contribution is -2.19. The van der Waals surface area contributed by atoms with Crippen molar-refractivity contribution >= 4 is 0 Å². The summed E-state index contributed by atoms with van der Waals surface area (Å²) in [5, 5.41) is 6.14. The van der Waals surface area contributed by atoms with Gasteiger partial charge >= 0.3 is 6.18 Å². The zero-order chi connectivity index (χ0) is 13.2. The van der Waals surface area contributed by atoms with Crippen molar-refractivity contribution in [3.05, 3.63) is 36.4 Å². The topological polar surface area (TPSA) is 37.9 Å². The predicted octanol–water partition coefficient (Wildman–Crippen LogP) is 3.16. The molecule has 0 bridgehead atoms. The molecule has 1 aromatic heterocycles. The largest absolute Gasteiger partial charge is 0.484 e. The Balaban J connectivity index is 2.22. The molecule has 0 aliphatic carbocycles.